The van der Waals surface area contributed by atoms with Gasteiger partial charge in [0.05, 0.1) is 0 Å². The first-order valence-electron chi connectivity index (χ1n) is 6.31. The monoisotopic (exact) mass is 317 g/mol. The van der Waals surface area contributed by atoms with Gasteiger partial charge in [-0.25, -0.2) is 8.78 Å². The van der Waals surface area contributed by atoms with Crippen LogP contribution in [0.5, 0.6) is 0 Å². The van der Waals surface area contributed by atoms with Crippen molar-refractivity contribution in [3.8, 4) is 11.3 Å². The van der Waals surface area contributed by atoms with E-state index in [1.54, 1.807) is 17.5 Å². The smallest absolute Gasteiger partial charge is 0.282 e. The van der Waals surface area contributed by atoms with Gasteiger partial charge in [0.15, 0.2) is 0 Å². The highest BCUT2D eigenvalue weighted by Gasteiger charge is 2.07. The summed E-state index contributed by atoms with van der Waals surface area (Å²) in [6, 6.07) is 10.9. The average Bonchev–Trinajstić information content (AvgIpc) is 2.97. The normalized spacial score (nSPS) is 11.6. The molecule has 110 valence electrons. The van der Waals surface area contributed by atoms with E-state index in [1.807, 2.05) is 0 Å². The van der Waals surface area contributed by atoms with Crippen LogP contribution in [0.25, 0.3) is 11.3 Å². The van der Waals surface area contributed by atoms with E-state index in [9.17, 15) is 13.6 Å². The molecule has 1 amide bonds. The quantitative estimate of drug-likeness (QED) is 0.716. The first kappa shape index (κ1) is 14.3. The van der Waals surface area contributed by atoms with Gasteiger partial charge in [-0.15, -0.1) is 0 Å². The van der Waals surface area contributed by atoms with Gasteiger partial charge in [-0.3, -0.25) is 4.79 Å². The molecule has 22 heavy (non-hydrogen) atoms. The number of benzene rings is 2. The SMILES string of the molecule is O=C(N=c1oc(-c2ccc(F)cc2)cs1)c1ccc(F)cc1. The fourth-order valence-electron chi connectivity index (χ4n) is 1.78. The maximum absolute atomic E-state index is 12.9. The first-order valence-corrected chi connectivity index (χ1v) is 7.19. The van der Waals surface area contributed by atoms with Gasteiger partial charge < -0.3 is 4.42 Å². The van der Waals surface area contributed by atoms with Gasteiger partial charge in [-0.1, -0.05) is 11.3 Å². The topological polar surface area (TPSA) is 42.6 Å². The molecule has 1 aromatic heterocycles. The summed E-state index contributed by atoms with van der Waals surface area (Å²) in [5.74, 6) is -0.779. The third-order valence-corrected chi connectivity index (χ3v) is 3.58. The van der Waals surface area contributed by atoms with Crippen molar-refractivity contribution in [1.29, 1.82) is 0 Å². The summed E-state index contributed by atoms with van der Waals surface area (Å²) in [4.78, 5) is 15.9. The fraction of sp³-hybridized carbons (Fsp3) is 0. The molecular formula is C16H9F2NO2S. The number of carbonyl (C=O) groups excluding carboxylic acids is 1. The lowest BCUT2D eigenvalue weighted by Crippen LogP contribution is -2.01. The number of rotatable bonds is 2. The molecule has 0 aliphatic heterocycles. The van der Waals surface area contributed by atoms with Crippen molar-refractivity contribution < 1.29 is 18.0 Å². The zero-order valence-corrected chi connectivity index (χ0v) is 11.9. The Kier molecular flexibility index (Phi) is 3.93. The third-order valence-electron chi connectivity index (χ3n) is 2.88. The van der Waals surface area contributed by atoms with E-state index in [0.29, 0.717) is 11.3 Å². The maximum atomic E-state index is 12.9. The van der Waals surface area contributed by atoms with Crippen molar-refractivity contribution in [2.45, 2.75) is 0 Å². The molecule has 6 heteroatoms. The Hall–Kier alpha value is -2.60. The Labute approximate surface area is 128 Å². The number of hydrogen-bond acceptors (Lipinski definition) is 3. The Balaban J connectivity index is 1.88. The van der Waals surface area contributed by atoms with Crippen molar-refractivity contribution in [3.63, 3.8) is 0 Å². The molecule has 0 atom stereocenters. The molecule has 0 aliphatic carbocycles. The molecule has 0 saturated carbocycles. The molecule has 1 heterocycles. The highest BCUT2D eigenvalue weighted by atomic mass is 32.1. The molecule has 3 rings (SSSR count). The molecule has 0 saturated heterocycles. The van der Waals surface area contributed by atoms with Crippen LogP contribution in [0.3, 0.4) is 0 Å². The van der Waals surface area contributed by atoms with E-state index < -0.39 is 11.7 Å². The number of nitrogens with zero attached hydrogens (tertiary/aromatic N) is 1. The van der Waals surface area contributed by atoms with E-state index >= 15 is 0 Å². The lowest BCUT2D eigenvalue weighted by molar-refractivity contribution is 0.0995. The van der Waals surface area contributed by atoms with Crippen molar-refractivity contribution in [3.05, 3.63) is 76.0 Å². The Bertz CT molecular complexity index is 864. The van der Waals surface area contributed by atoms with Gasteiger partial charge in [0, 0.05) is 16.5 Å². The Morgan fingerprint density at radius 3 is 2.18 bits per heavy atom. The van der Waals surface area contributed by atoms with Gasteiger partial charge in [0.25, 0.3) is 10.8 Å². The van der Waals surface area contributed by atoms with Gasteiger partial charge in [-0.2, -0.15) is 4.99 Å². The predicted octanol–water partition coefficient (Wildman–Crippen LogP) is 4.03. The predicted molar refractivity (Wildman–Crippen MR) is 78.3 cm³/mol. The molecule has 0 unspecified atom stereocenters. The van der Waals surface area contributed by atoms with Gasteiger partial charge in [0.2, 0.25) is 0 Å². The van der Waals surface area contributed by atoms with Crippen LogP contribution in [0.2, 0.25) is 0 Å². The lowest BCUT2D eigenvalue weighted by Gasteiger charge is -1.94. The van der Waals surface area contributed by atoms with Crippen molar-refractivity contribution in [1.82, 2.24) is 0 Å². The minimum absolute atomic E-state index is 0.175. The summed E-state index contributed by atoms with van der Waals surface area (Å²) < 4.78 is 31.1. The number of hydrogen-bond donors (Lipinski definition) is 0. The molecule has 2 aromatic carbocycles. The molecule has 0 N–H and O–H groups in total. The summed E-state index contributed by atoms with van der Waals surface area (Å²) in [6.07, 6.45) is 0. The highest BCUT2D eigenvalue weighted by molar-refractivity contribution is 7.07. The zero-order valence-electron chi connectivity index (χ0n) is 11.1. The van der Waals surface area contributed by atoms with Crippen molar-refractivity contribution in [2.75, 3.05) is 0 Å². The van der Waals surface area contributed by atoms with Crippen molar-refractivity contribution >= 4 is 17.2 Å². The van der Waals surface area contributed by atoms with Crippen LogP contribution in [0, 0.1) is 11.6 Å². The van der Waals surface area contributed by atoms with Crippen LogP contribution in [0.15, 0.2) is 63.3 Å². The standard InChI is InChI=1S/C16H9F2NO2S/c17-12-5-1-10(2-6-12)14-9-22-16(21-14)19-15(20)11-3-7-13(18)8-4-11/h1-9H. The summed E-state index contributed by atoms with van der Waals surface area (Å²) in [7, 11) is 0. The molecule has 0 radical (unpaired) electrons. The first-order chi connectivity index (χ1) is 10.6. The Morgan fingerprint density at radius 2 is 1.55 bits per heavy atom. The summed E-state index contributed by atoms with van der Waals surface area (Å²) in [5.41, 5.74) is 0.960. The second-order valence-corrected chi connectivity index (χ2v) is 5.22. The summed E-state index contributed by atoms with van der Waals surface area (Å²) in [6.45, 7) is 0. The fourth-order valence-corrected chi connectivity index (χ4v) is 2.44. The molecular weight excluding hydrogens is 308 g/mol. The van der Waals surface area contributed by atoms with Crippen LogP contribution in [-0.4, -0.2) is 5.91 Å². The molecule has 3 aromatic rings. The third kappa shape index (κ3) is 3.17. The van der Waals surface area contributed by atoms with Crippen LogP contribution in [0.4, 0.5) is 8.78 Å². The lowest BCUT2D eigenvalue weighted by atomic mass is 10.2. The zero-order chi connectivity index (χ0) is 15.5. The van der Waals surface area contributed by atoms with Gasteiger partial charge >= 0.3 is 0 Å². The second-order valence-electron chi connectivity index (χ2n) is 4.40. The molecule has 0 aliphatic rings. The van der Waals surface area contributed by atoms with E-state index in [1.165, 1.54) is 36.4 Å². The largest absolute Gasteiger partial charge is 0.429 e. The van der Waals surface area contributed by atoms with Gasteiger partial charge in [0.1, 0.15) is 17.4 Å². The Morgan fingerprint density at radius 1 is 0.955 bits per heavy atom. The molecule has 0 bridgehead atoms. The van der Waals surface area contributed by atoms with E-state index in [-0.39, 0.29) is 16.2 Å². The minimum atomic E-state index is -0.517. The van der Waals surface area contributed by atoms with E-state index in [2.05, 4.69) is 4.99 Å². The van der Waals surface area contributed by atoms with E-state index in [0.717, 1.165) is 11.3 Å². The molecule has 3 nitrogen and oxygen atoms in total. The minimum Gasteiger partial charge on any atom is -0.429 e. The van der Waals surface area contributed by atoms with Crippen LogP contribution >= 0.6 is 11.3 Å². The van der Waals surface area contributed by atoms with Gasteiger partial charge in [-0.05, 0) is 48.5 Å². The second kappa shape index (κ2) is 6.03. The van der Waals surface area contributed by atoms with Crippen LogP contribution in [-0.2, 0) is 0 Å². The number of amides is 1. The van der Waals surface area contributed by atoms with Crippen molar-refractivity contribution in [2.24, 2.45) is 4.99 Å². The highest BCUT2D eigenvalue weighted by Crippen LogP contribution is 2.19. The average molecular weight is 317 g/mol. The van der Waals surface area contributed by atoms with E-state index in [4.69, 9.17) is 4.42 Å². The molecule has 0 fully saturated rings. The number of halogens is 2. The van der Waals surface area contributed by atoms with Crippen LogP contribution in [0.1, 0.15) is 10.4 Å². The molecule has 0 spiro atoms. The maximum Gasteiger partial charge on any atom is 0.282 e. The summed E-state index contributed by atoms with van der Waals surface area (Å²) in [5, 5.41) is 1.68. The van der Waals surface area contributed by atoms with Crippen LogP contribution < -0.4 is 4.87 Å². The number of carbonyl (C=O) groups is 1. The summed E-state index contributed by atoms with van der Waals surface area (Å²) >= 11 is 1.15.